The number of primary amides is 1. The molecule has 1 fully saturated rings. The van der Waals surface area contributed by atoms with Gasteiger partial charge in [0.1, 0.15) is 0 Å². The Bertz CT molecular complexity index is 308. The Labute approximate surface area is 88.6 Å². The fraction of sp³-hybridized carbons (Fsp3) is 0.500. The van der Waals surface area contributed by atoms with Crippen molar-refractivity contribution >= 4 is 5.91 Å². The van der Waals surface area contributed by atoms with E-state index in [1.807, 2.05) is 4.90 Å². The summed E-state index contributed by atoms with van der Waals surface area (Å²) < 4.78 is 5.42. The van der Waals surface area contributed by atoms with Gasteiger partial charge in [-0.2, -0.15) is 0 Å². The van der Waals surface area contributed by atoms with E-state index in [0.29, 0.717) is 0 Å². The number of amides is 1. The third-order valence-corrected chi connectivity index (χ3v) is 2.70. The van der Waals surface area contributed by atoms with Gasteiger partial charge in [-0.3, -0.25) is 9.69 Å². The smallest absolute Gasteiger partial charge is 0.281 e. The number of nitrogens with zero attached hydrogens (tertiary/aromatic N) is 1. The Morgan fingerprint density at radius 2 is 2.13 bits per heavy atom. The lowest BCUT2D eigenvalue weighted by atomic mass is 10.1. The predicted octanol–water partition coefficient (Wildman–Crippen LogP) is -0.827. The van der Waals surface area contributed by atoms with E-state index in [4.69, 9.17) is 10.5 Å². The molecule has 0 bridgehead atoms. The molecule has 82 valence electrons. The molecule has 0 aliphatic carbocycles. The second-order valence-corrected chi connectivity index (χ2v) is 3.60. The number of hydrogen-bond donors (Lipinski definition) is 2. The summed E-state index contributed by atoms with van der Waals surface area (Å²) in [5.41, 5.74) is 4.34. The van der Waals surface area contributed by atoms with Crippen LogP contribution in [0.1, 0.15) is 0 Å². The monoisotopic (exact) mass is 209 g/mol. The van der Waals surface area contributed by atoms with Crippen LogP contribution >= 0.6 is 0 Å². The SMILES string of the molecule is NC(=O)C1(N2CCNCC2)C=CC=CO1. The molecule has 0 aromatic rings. The molecule has 0 aromatic heterocycles. The van der Waals surface area contributed by atoms with Gasteiger partial charge in [-0.15, -0.1) is 0 Å². The van der Waals surface area contributed by atoms with Gasteiger partial charge in [-0.1, -0.05) is 6.08 Å². The number of piperazine rings is 1. The van der Waals surface area contributed by atoms with Gasteiger partial charge in [-0.25, -0.2) is 0 Å². The van der Waals surface area contributed by atoms with Gasteiger partial charge < -0.3 is 15.8 Å². The highest BCUT2D eigenvalue weighted by Gasteiger charge is 2.43. The van der Waals surface area contributed by atoms with Crippen molar-refractivity contribution in [3.05, 3.63) is 24.5 Å². The summed E-state index contributed by atoms with van der Waals surface area (Å²) in [5.74, 6) is -0.468. The lowest BCUT2D eigenvalue weighted by Crippen LogP contribution is -2.62. The second kappa shape index (κ2) is 4.04. The number of rotatable bonds is 2. The van der Waals surface area contributed by atoms with Gasteiger partial charge in [0.15, 0.2) is 0 Å². The molecule has 0 spiro atoms. The standard InChI is InChI=1S/C10H15N3O2/c11-9(14)10(3-1-2-8-15-10)13-6-4-12-5-7-13/h1-3,8,12H,4-7H2,(H2,11,14). The van der Waals surface area contributed by atoms with Crippen LogP contribution in [0, 0.1) is 0 Å². The first-order valence-electron chi connectivity index (χ1n) is 5.03. The summed E-state index contributed by atoms with van der Waals surface area (Å²) in [6.07, 6.45) is 6.74. The zero-order valence-corrected chi connectivity index (χ0v) is 8.48. The Hall–Kier alpha value is -1.33. The third-order valence-electron chi connectivity index (χ3n) is 2.70. The van der Waals surface area contributed by atoms with Gasteiger partial charge in [-0.05, 0) is 12.2 Å². The lowest BCUT2D eigenvalue weighted by molar-refractivity contribution is -0.152. The van der Waals surface area contributed by atoms with E-state index in [1.54, 1.807) is 18.2 Å². The van der Waals surface area contributed by atoms with Crippen LogP contribution in [0.2, 0.25) is 0 Å². The number of nitrogens with one attached hydrogen (secondary N) is 1. The molecule has 1 saturated heterocycles. The highest BCUT2D eigenvalue weighted by Crippen LogP contribution is 2.22. The van der Waals surface area contributed by atoms with Crippen LogP contribution in [0.5, 0.6) is 0 Å². The van der Waals surface area contributed by atoms with Gasteiger partial charge in [0.05, 0.1) is 6.26 Å². The molecular weight excluding hydrogens is 194 g/mol. The quantitative estimate of drug-likeness (QED) is 0.623. The predicted molar refractivity (Wildman–Crippen MR) is 55.7 cm³/mol. The first-order valence-corrected chi connectivity index (χ1v) is 5.03. The third kappa shape index (κ3) is 1.75. The van der Waals surface area contributed by atoms with Crippen LogP contribution in [-0.2, 0) is 9.53 Å². The van der Waals surface area contributed by atoms with Crippen molar-refractivity contribution in [2.45, 2.75) is 5.72 Å². The van der Waals surface area contributed by atoms with Gasteiger partial charge >= 0.3 is 0 Å². The van der Waals surface area contributed by atoms with Crippen LogP contribution < -0.4 is 11.1 Å². The minimum atomic E-state index is -1.09. The maximum atomic E-state index is 11.5. The van der Waals surface area contributed by atoms with Gasteiger partial charge in [0.2, 0.25) is 0 Å². The highest BCUT2D eigenvalue weighted by atomic mass is 16.5. The summed E-state index contributed by atoms with van der Waals surface area (Å²) in [6.45, 7) is 3.19. The minimum absolute atomic E-state index is 0.468. The topological polar surface area (TPSA) is 67.6 Å². The average molecular weight is 209 g/mol. The van der Waals surface area contributed by atoms with E-state index < -0.39 is 11.6 Å². The van der Waals surface area contributed by atoms with E-state index in [-0.39, 0.29) is 0 Å². The molecular formula is C10H15N3O2. The number of nitrogens with two attached hydrogens (primary N) is 1. The maximum absolute atomic E-state index is 11.5. The Balaban J connectivity index is 2.21. The van der Waals surface area contributed by atoms with E-state index in [2.05, 4.69) is 5.32 Å². The molecule has 0 aromatic carbocycles. The van der Waals surface area contributed by atoms with Crippen molar-refractivity contribution in [2.24, 2.45) is 5.73 Å². The van der Waals surface area contributed by atoms with Crippen molar-refractivity contribution in [1.29, 1.82) is 0 Å². The van der Waals surface area contributed by atoms with E-state index >= 15 is 0 Å². The van der Waals surface area contributed by atoms with E-state index in [9.17, 15) is 4.79 Å². The van der Waals surface area contributed by atoms with E-state index in [0.717, 1.165) is 26.2 Å². The molecule has 1 amide bonds. The number of carbonyl (C=O) groups excluding carboxylic acids is 1. The fourth-order valence-corrected chi connectivity index (χ4v) is 1.89. The number of carbonyl (C=O) groups is 1. The normalized spacial score (nSPS) is 31.2. The summed E-state index contributed by atoms with van der Waals surface area (Å²) in [7, 11) is 0. The molecule has 2 heterocycles. The van der Waals surface area contributed by atoms with Gasteiger partial charge in [0.25, 0.3) is 11.6 Å². The Kier molecular flexibility index (Phi) is 2.75. The molecule has 5 nitrogen and oxygen atoms in total. The zero-order chi connectivity index (χ0) is 10.7. The van der Waals surface area contributed by atoms with Gasteiger partial charge in [0, 0.05) is 26.2 Å². The van der Waals surface area contributed by atoms with Crippen molar-refractivity contribution in [1.82, 2.24) is 10.2 Å². The second-order valence-electron chi connectivity index (χ2n) is 3.60. The molecule has 2 aliphatic heterocycles. The summed E-state index contributed by atoms with van der Waals surface area (Å²) in [4.78, 5) is 13.5. The summed E-state index contributed by atoms with van der Waals surface area (Å²) in [5, 5.41) is 3.22. The van der Waals surface area contributed by atoms with Crippen LogP contribution in [0.4, 0.5) is 0 Å². The van der Waals surface area contributed by atoms with Crippen LogP contribution in [0.15, 0.2) is 24.5 Å². The molecule has 15 heavy (non-hydrogen) atoms. The van der Waals surface area contributed by atoms with Crippen LogP contribution in [0.25, 0.3) is 0 Å². The van der Waals surface area contributed by atoms with Crippen molar-refractivity contribution in [2.75, 3.05) is 26.2 Å². The number of hydrogen-bond acceptors (Lipinski definition) is 4. The molecule has 3 N–H and O–H groups in total. The minimum Gasteiger partial charge on any atom is -0.467 e. The Morgan fingerprint density at radius 1 is 1.40 bits per heavy atom. The van der Waals surface area contributed by atoms with Crippen molar-refractivity contribution in [3.8, 4) is 0 Å². The molecule has 0 saturated carbocycles. The summed E-state index contributed by atoms with van der Waals surface area (Å²) in [6, 6.07) is 0. The van der Waals surface area contributed by atoms with Crippen LogP contribution in [0.3, 0.4) is 0 Å². The van der Waals surface area contributed by atoms with Crippen molar-refractivity contribution in [3.63, 3.8) is 0 Å². The molecule has 5 heteroatoms. The average Bonchev–Trinajstić information content (AvgIpc) is 2.31. The Morgan fingerprint density at radius 3 is 2.67 bits per heavy atom. The molecule has 1 atom stereocenters. The number of allylic oxidation sites excluding steroid dienone is 2. The first kappa shape index (κ1) is 10.2. The number of ether oxygens (including phenoxy) is 1. The molecule has 2 rings (SSSR count). The molecule has 0 radical (unpaired) electrons. The molecule has 2 aliphatic rings. The maximum Gasteiger partial charge on any atom is 0.281 e. The largest absolute Gasteiger partial charge is 0.467 e. The fourth-order valence-electron chi connectivity index (χ4n) is 1.89. The zero-order valence-electron chi connectivity index (χ0n) is 8.48. The summed E-state index contributed by atoms with van der Waals surface area (Å²) >= 11 is 0. The van der Waals surface area contributed by atoms with Crippen molar-refractivity contribution < 1.29 is 9.53 Å². The van der Waals surface area contributed by atoms with E-state index in [1.165, 1.54) is 6.26 Å². The lowest BCUT2D eigenvalue weighted by Gasteiger charge is -2.41. The highest BCUT2D eigenvalue weighted by molar-refractivity contribution is 5.85. The first-order chi connectivity index (χ1) is 7.26. The van der Waals surface area contributed by atoms with Crippen LogP contribution in [-0.4, -0.2) is 42.7 Å². The molecule has 1 unspecified atom stereocenters.